The number of rotatable bonds is 3. The summed E-state index contributed by atoms with van der Waals surface area (Å²) in [5, 5.41) is 0. The lowest BCUT2D eigenvalue weighted by atomic mass is 9.89. The molecule has 78 valence electrons. The zero-order valence-corrected chi connectivity index (χ0v) is 9.67. The van der Waals surface area contributed by atoms with Crippen LogP contribution in [0.4, 0.5) is 0 Å². The summed E-state index contributed by atoms with van der Waals surface area (Å²) in [5.41, 5.74) is 8.58. The molecule has 0 spiro atoms. The largest absolute Gasteiger partial charge is 0.322 e. The van der Waals surface area contributed by atoms with E-state index >= 15 is 0 Å². The first-order valence-electron chi connectivity index (χ1n) is 5.36. The minimum Gasteiger partial charge on any atom is -0.322 e. The maximum atomic E-state index is 6.16. The molecule has 0 aliphatic rings. The predicted molar refractivity (Wildman–Crippen MR) is 62.4 cm³/mol. The summed E-state index contributed by atoms with van der Waals surface area (Å²) in [7, 11) is 0. The summed E-state index contributed by atoms with van der Waals surface area (Å²) in [6.07, 6.45) is 0.966. The first-order valence-corrected chi connectivity index (χ1v) is 5.36. The fourth-order valence-corrected chi connectivity index (χ4v) is 1.45. The molecule has 2 N–H and O–H groups in total. The van der Waals surface area contributed by atoms with Crippen molar-refractivity contribution < 1.29 is 0 Å². The van der Waals surface area contributed by atoms with Gasteiger partial charge in [-0.05, 0) is 30.4 Å². The Balaban J connectivity index is 2.94. The van der Waals surface area contributed by atoms with E-state index in [4.69, 9.17) is 5.73 Å². The second-order valence-electron chi connectivity index (χ2n) is 4.55. The predicted octanol–water partition coefficient (Wildman–Crippen LogP) is 3.39. The Labute approximate surface area is 87.3 Å². The highest BCUT2D eigenvalue weighted by Crippen LogP contribution is 2.23. The Morgan fingerprint density at radius 1 is 1.21 bits per heavy atom. The molecule has 1 atom stereocenters. The fraction of sp³-hybridized carbons (Fsp3) is 0.538. The first-order chi connectivity index (χ1) is 6.47. The Kier molecular flexibility index (Phi) is 3.33. The third-order valence-corrected chi connectivity index (χ3v) is 2.97. The Morgan fingerprint density at radius 3 is 2.07 bits per heavy atom. The zero-order chi connectivity index (χ0) is 10.8. The molecular weight excluding hydrogens is 170 g/mol. The molecule has 1 aromatic carbocycles. The van der Waals surface area contributed by atoms with Crippen molar-refractivity contribution in [3.8, 4) is 0 Å². The molecule has 0 saturated heterocycles. The minimum absolute atomic E-state index is 0.185. The molecule has 0 aliphatic heterocycles. The van der Waals surface area contributed by atoms with Gasteiger partial charge in [0.15, 0.2) is 0 Å². The van der Waals surface area contributed by atoms with Crippen LogP contribution in [0.5, 0.6) is 0 Å². The number of benzene rings is 1. The molecule has 1 aromatic rings. The van der Waals surface area contributed by atoms with E-state index in [1.807, 2.05) is 0 Å². The second-order valence-corrected chi connectivity index (χ2v) is 4.55. The van der Waals surface area contributed by atoms with Gasteiger partial charge in [-0.3, -0.25) is 0 Å². The zero-order valence-electron chi connectivity index (χ0n) is 9.67. The van der Waals surface area contributed by atoms with Gasteiger partial charge >= 0.3 is 0 Å². The van der Waals surface area contributed by atoms with Gasteiger partial charge in [0.25, 0.3) is 0 Å². The van der Waals surface area contributed by atoms with Crippen molar-refractivity contribution in [2.75, 3.05) is 0 Å². The van der Waals surface area contributed by atoms with Gasteiger partial charge in [-0.25, -0.2) is 0 Å². The summed E-state index contributed by atoms with van der Waals surface area (Å²) in [5.74, 6) is 0.592. The van der Waals surface area contributed by atoms with Gasteiger partial charge in [-0.2, -0.15) is 0 Å². The normalized spacial score (nSPS) is 15.6. The van der Waals surface area contributed by atoms with Crippen LogP contribution in [0.2, 0.25) is 0 Å². The number of hydrogen-bond acceptors (Lipinski definition) is 1. The Morgan fingerprint density at radius 2 is 1.71 bits per heavy atom. The van der Waals surface area contributed by atoms with E-state index in [0.29, 0.717) is 5.92 Å². The van der Waals surface area contributed by atoms with Crippen molar-refractivity contribution in [1.29, 1.82) is 0 Å². The molecule has 0 amide bonds. The molecule has 0 radical (unpaired) electrons. The van der Waals surface area contributed by atoms with Crippen molar-refractivity contribution in [2.24, 2.45) is 5.73 Å². The quantitative estimate of drug-likeness (QED) is 0.778. The van der Waals surface area contributed by atoms with Crippen LogP contribution in [0.25, 0.3) is 0 Å². The molecule has 0 aliphatic carbocycles. The standard InChI is InChI=1S/C13H21N/c1-5-13(4,14)12-8-6-11(7-9-12)10(2)3/h6-10H,5,14H2,1-4H3/t13-/m0/s1. The van der Waals surface area contributed by atoms with Gasteiger partial charge in [-0.1, -0.05) is 45.0 Å². The lowest BCUT2D eigenvalue weighted by molar-refractivity contribution is 0.476. The van der Waals surface area contributed by atoms with E-state index in [-0.39, 0.29) is 5.54 Å². The van der Waals surface area contributed by atoms with Crippen LogP contribution in [-0.4, -0.2) is 0 Å². The van der Waals surface area contributed by atoms with E-state index in [2.05, 4.69) is 52.0 Å². The minimum atomic E-state index is -0.185. The second kappa shape index (κ2) is 4.14. The van der Waals surface area contributed by atoms with E-state index < -0.39 is 0 Å². The van der Waals surface area contributed by atoms with Crippen LogP contribution in [0.3, 0.4) is 0 Å². The lowest BCUT2D eigenvalue weighted by Crippen LogP contribution is -2.31. The van der Waals surface area contributed by atoms with E-state index in [0.717, 1.165) is 6.42 Å². The summed E-state index contributed by atoms with van der Waals surface area (Å²) in [6, 6.07) is 8.67. The molecule has 1 heteroatoms. The maximum absolute atomic E-state index is 6.16. The van der Waals surface area contributed by atoms with Crippen molar-refractivity contribution in [2.45, 2.75) is 45.6 Å². The molecule has 0 heterocycles. The molecule has 0 aromatic heterocycles. The molecule has 0 unspecified atom stereocenters. The lowest BCUT2D eigenvalue weighted by Gasteiger charge is -2.23. The van der Waals surface area contributed by atoms with Crippen LogP contribution in [0.1, 0.15) is 51.2 Å². The van der Waals surface area contributed by atoms with Crippen molar-refractivity contribution in [3.05, 3.63) is 35.4 Å². The summed E-state index contributed by atoms with van der Waals surface area (Å²) >= 11 is 0. The highest BCUT2D eigenvalue weighted by Gasteiger charge is 2.17. The van der Waals surface area contributed by atoms with Crippen LogP contribution in [0.15, 0.2) is 24.3 Å². The Hall–Kier alpha value is -0.820. The summed E-state index contributed by atoms with van der Waals surface area (Å²) in [6.45, 7) is 8.61. The summed E-state index contributed by atoms with van der Waals surface area (Å²) in [4.78, 5) is 0. The SMILES string of the molecule is CC[C@](C)(N)c1ccc(C(C)C)cc1. The monoisotopic (exact) mass is 191 g/mol. The van der Waals surface area contributed by atoms with Gasteiger partial charge in [-0.15, -0.1) is 0 Å². The third-order valence-electron chi connectivity index (χ3n) is 2.97. The van der Waals surface area contributed by atoms with Gasteiger partial charge < -0.3 is 5.73 Å². The Bertz CT molecular complexity index is 283. The molecule has 0 bridgehead atoms. The molecule has 1 nitrogen and oxygen atoms in total. The molecule has 0 fully saturated rings. The first kappa shape index (κ1) is 11.3. The molecule has 14 heavy (non-hydrogen) atoms. The fourth-order valence-electron chi connectivity index (χ4n) is 1.45. The van der Waals surface area contributed by atoms with Crippen LogP contribution < -0.4 is 5.73 Å². The van der Waals surface area contributed by atoms with Crippen LogP contribution in [-0.2, 0) is 5.54 Å². The van der Waals surface area contributed by atoms with Crippen LogP contribution >= 0.6 is 0 Å². The average molecular weight is 191 g/mol. The number of hydrogen-bond donors (Lipinski definition) is 1. The van der Waals surface area contributed by atoms with Gasteiger partial charge in [0.1, 0.15) is 0 Å². The third kappa shape index (κ3) is 2.36. The average Bonchev–Trinajstić information content (AvgIpc) is 2.18. The van der Waals surface area contributed by atoms with E-state index in [1.165, 1.54) is 11.1 Å². The highest BCUT2D eigenvalue weighted by atomic mass is 14.7. The smallest absolute Gasteiger partial charge is 0.0378 e. The number of nitrogens with two attached hydrogens (primary N) is 1. The highest BCUT2D eigenvalue weighted by molar-refractivity contribution is 5.29. The molecule has 1 rings (SSSR count). The van der Waals surface area contributed by atoms with Crippen LogP contribution in [0, 0.1) is 0 Å². The topological polar surface area (TPSA) is 26.0 Å². The molecular formula is C13H21N. The van der Waals surface area contributed by atoms with Crippen molar-refractivity contribution >= 4 is 0 Å². The van der Waals surface area contributed by atoms with E-state index in [1.54, 1.807) is 0 Å². The van der Waals surface area contributed by atoms with E-state index in [9.17, 15) is 0 Å². The van der Waals surface area contributed by atoms with Crippen molar-refractivity contribution in [3.63, 3.8) is 0 Å². The van der Waals surface area contributed by atoms with Crippen molar-refractivity contribution in [1.82, 2.24) is 0 Å². The maximum Gasteiger partial charge on any atom is 0.0378 e. The van der Waals surface area contributed by atoms with Gasteiger partial charge in [0.2, 0.25) is 0 Å². The summed E-state index contributed by atoms with van der Waals surface area (Å²) < 4.78 is 0. The molecule has 0 saturated carbocycles. The van der Waals surface area contributed by atoms with Gasteiger partial charge in [0, 0.05) is 5.54 Å². The van der Waals surface area contributed by atoms with Gasteiger partial charge in [0.05, 0.1) is 0 Å².